The number of nitro groups is 1. The number of hydrazone groups is 1. The fraction of sp³-hybridized carbons (Fsp3) is 0.0667. The Kier molecular flexibility index (Phi) is 6.11. The summed E-state index contributed by atoms with van der Waals surface area (Å²) in [7, 11) is 0. The molecule has 0 radical (unpaired) electrons. The Labute approximate surface area is 147 Å². The van der Waals surface area contributed by atoms with Gasteiger partial charge < -0.3 is 4.74 Å². The largest absolute Gasteiger partial charge is 0.484 e. The summed E-state index contributed by atoms with van der Waals surface area (Å²) in [5.74, 6) is -0.179. The van der Waals surface area contributed by atoms with Gasteiger partial charge in [0.05, 0.1) is 21.2 Å². The Morgan fingerprint density at radius 1 is 1.21 bits per heavy atom. The topological polar surface area (TPSA) is 93.8 Å². The number of halogens is 2. The van der Waals surface area contributed by atoms with Crippen LogP contribution in [0.1, 0.15) is 5.56 Å². The first-order valence-corrected chi connectivity index (χ1v) is 7.36. The Morgan fingerprint density at radius 3 is 2.42 bits per heavy atom. The minimum atomic E-state index is -0.523. The lowest BCUT2D eigenvalue weighted by molar-refractivity contribution is -0.384. The molecule has 24 heavy (non-hydrogen) atoms. The fourth-order valence-corrected chi connectivity index (χ4v) is 2.14. The lowest BCUT2D eigenvalue weighted by atomic mass is 10.2. The summed E-state index contributed by atoms with van der Waals surface area (Å²) in [5.41, 5.74) is 2.69. The molecule has 0 atom stereocenters. The summed E-state index contributed by atoms with van der Waals surface area (Å²) >= 11 is 11.9. The summed E-state index contributed by atoms with van der Waals surface area (Å²) in [4.78, 5) is 21.6. The van der Waals surface area contributed by atoms with Crippen LogP contribution in [0.15, 0.2) is 47.6 Å². The highest BCUT2D eigenvalue weighted by Crippen LogP contribution is 2.22. The number of carbonyl (C=O) groups is 1. The molecule has 1 amide bonds. The van der Waals surface area contributed by atoms with Crippen LogP contribution in [0.2, 0.25) is 10.0 Å². The van der Waals surface area contributed by atoms with Gasteiger partial charge in [-0.3, -0.25) is 14.9 Å². The third-order valence-corrected chi connectivity index (χ3v) is 3.46. The minimum Gasteiger partial charge on any atom is -0.484 e. The highest BCUT2D eigenvalue weighted by Gasteiger charge is 2.06. The van der Waals surface area contributed by atoms with Crippen molar-refractivity contribution in [2.45, 2.75) is 0 Å². The van der Waals surface area contributed by atoms with Gasteiger partial charge in [0.25, 0.3) is 11.6 Å². The second kappa shape index (κ2) is 8.28. The van der Waals surface area contributed by atoms with Crippen LogP contribution < -0.4 is 10.2 Å². The van der Waals surface area contributed by atoms with E-state index in [4.69, 9.17) is 27.9 Å². The maximum absolute atomic E-state index is 11.6. The number of amides is 1. The van der Waals surface area contributed by atoms with Crippen molar-refractivity contribution < 1.29 is 14.5 Å². The molecule has 0 heterocycles. The van der Waals surface area contributed by atoms with E-state index in [0.29, 0.717) is 21.4 Å². The normalized spacial score (nSPS) is 10.6. The molecule has 0 fully saturated rings. The molecular formula is C15H11Cl2N3O4. The minimum absolute atomic E-state index is 0.0620. The van der Waals surface area contributed by atoms with Gasteiger partial charge in [-0.05, 0) is 24.3 Å². The van der Waals surface area contributed by atoms with Crippen LogP contribution in [0.25, 0.3) is 0 Å². The van der Waals surface area contributed by atoms with Crippen LogP contribution in [0.3, 0.4) is 0 Å². The van der Waals surface area contributed by atoms with Gasteiger partial charge >= 0.3 is 0 Å². The Hall–Kier alpha value is -2.64. The number of nitrogens with zero attached hydrogens (tertiary/aromatic N) is 2. The highest BCUT2D eigenvalue weighted by molar-refractivity contribution is 6.38. The van der Waals surface area contributed by atoms with Gasteiger partial charge in [0.2, 0.25) is 0 Å². The number of hydrogen-bond donors (Lipinski definition) is 1. The van der Waals surface area contributed by atoms with Crippen molar-refractivity contribution in [1.29, 1.82) is 0 Å². The molecule has 0 saturated carbocycles. The second-order valence-electron chi connectivity index (χ2n) is 4.47. The second-order valence-corrected chi connectivity index (χ2v) is 5.28. The third kappa shape index (κ3) is 4.94. The average Bonchev–Trinajstić information content (AvgIpc) is 2.56. The Morgan fingerprint density at radius 2 is 1.83 bits per heavy atom. The van der Waals surface area contributed by atoms with Gasteiger partial charge in [-0.2, -0.15) is 5.10 Å². The zero-order valence-corrected chi connectivity index (χ0v) is 13.6. The van der Waals surface area contributed by atoms with Gasteiger partial charge in [-0.25, -0.2) is 5.43 Å². The lowest BCUT2D eigenvalue weighted by Crippen LogP contribution is -2.24. The van der Waals surface area contributed by atoms with E-state index in [0.717, 1.165) is 0 Å². The fourth-order valence-electron chi connectivity index (χ4n) is 1.65. The zero-order valence-electron chi connectivity index (χ0n) is 12.1. The number of hydrogen-bond acceptors (Lipinski definition) is 5. The molecule has 2 aromatic rings. The molecule has 2 aromatic carbocycles. The smallest absolute Gasteiger partial charge is 0.277 e. The number of nitrogens with one attached hydrogen (secondary N) is 1. The molecule has 7 nitrogen and oxygen atoms in total. The quantitative estimate of drug-likeness (QED) is 0.480. The number of benzene rings is 2. The number of non-ortho nitro benzene ring substituents is 1. The molecule has 0 aromatic heterocycles. The molecule has 0 aliphatic carbocycles. The molecule has 2 rings (SSSR count). The maximum atomic E-state index is 11.6. The van der Waals surface area contributed by atoms with E-state index < -0.39 is 10.8 Å². The molecular weight excluding hydrogens is 357 g/mol. The van der Waals surface area contributed by atoms with Crippen LogP contribution in [0, 0.1) is 10.1 Å². The number of nitro benzene ring substituents is 1. The first kappa shape index (κ1) is 17.7. The molecule has 0 spiro atoms. The molecule has 1 N–H and O–H groups in total. The molecule has 9 heteroatoms. The van der Waals surface area contributed by atoms with Crippen LogP contribution in [0.4, 0.5) is 5.69 Å². The van der Waals surface area contributed by atoms with Crippen molar-refractivity contribution >= 4 is 41.0 Å². The Balaban J connectivity index is 1.85. The molecule has 0 saturated heterocycles. The summed E-state index contributed by atoms with van der Waals surface area (Å²) < 4.78 is 5.19. The Bertz CT molecular complexity index is 759. The average molecular weight is 368 g/mol. The standard InChI is InChI=1S/C15H11Cl2N3O4/c16-13-2-1-3-14(17)12(13)8-18-19-15(21)9-24-11-6-4-10(5-7-11)20(22)23/h1-8H,9H2,(H,19,21). The molecule has 0 bridgehead atoms. The van der Waals surface area contributed by atoms with Gasteiger partial charge in [-0.15, -0.1) is 0 Å². The van der Waals surface area contributed by atoms with Crippen molar-refractivity contribution in [1.82, 2.24) is 5.43 Å². The van der Waals surface area contributed by atoms with Gasteiger partial charge in [0, 0.05) is 17.7 Å². The van der Waals surface area contributed by atoms with Crippen molar-refractivity contribution in [3.05, 3.63) is 68.2 Å². The van der Waals surface area contributed by atoms with E-state index in [1.807, 2.05) is 0 Å². The van der Waals surface area contributed by atoms with E-state index in [1.165, 1.54) is 30.5 Å². The molecule has 0 aliphatic heterocycles. The highest BCUT2D eigenvalue weighted by atomic mass is 35.5. The van der Waals surface area contributed by atoms with E-state index in [-0.39, 0.29) is 12.3 Å². The third-order valence-electron chi connectivity index (χ3n) is 2.80. The molecule has 0 unspecified atom stereocenters. The monoisotopic (exact) mass is 367 g/mol. The lowest BCUT2D eigenvalue weighted by Gasteiger charge is -2.05. The summed E-state index contributed by atoms with van der Waals surface area (Å²) in [5, 5.41) is 15.1. The van der Waals surface area contributed by atoms with Crippen molar-refractivity contribution in [3.8, 4) is 5.75 Å². The van der Waals surface area contributed by atoms with Crippen LogP contribution in [-0.4, -0.2) is 23.7 Å². The van der Waals surface area contributed by atoms with E-state index in [9.17, 15) is 14.9 Å². The van der Waals surface area contributed by atoms with Gasteiger partial charge in [0.1, 0.15) is 5.75 Å². The summed E-state index contributed by atoms with van der Waals surface area (Å²) in [6.07, 6.45) is 1.33. The first-order chi connectivity index (χ1) is 11.5. The summed E-state index contributed by atoms with van der Waals surface area (Å²) in [6.45, 7) is -0.300. The number of rotatable bonds is 6. The maximum Gasteiger partial charge on any atom is 0.277 e. The predicted octanol–water partition coefficient (Wildman–Crippen LogP) is 3.43. The molecule has 0 aliphatic rings. The number of carbonyl (C=O) groups excluding carboxylic acids is 1. The number of ether oxygens (including phenoxy) is 1. The van der Waals surface area contributed by atoms with E-state index >= 15 is 0 Å². The summed E-state index contributed by atoms with van der Waals surface area (Å²) in [6, 6.07) is 10.4. The predicted molar refractivity (Wildman–Crippen MR) is 90.8 cm³/mol. The van der Waals surface area contributed by atoms with Gasteiger partial charge in [0.15, 0.2) is 6.61 Å². The van der Waals surface area contributed by atoms with Crippen molar-refractivity contribution in [3.63, 3.8) is 0 Å². The van der Waals surface area contributed by atoms with E-state index in [2.05, 4.69) is 10.5 Å². The van der Waals surface area contributed by atoms with Crippen LogP contribution in [-0.2, 0) is 4.79 Å². The van der Waals surface area contributed by atoms with E-state index in [1.54, 1.807) is 18.2 Å². The molecule has 124 valence electrons. The zero-order chi connectivity index (χ0) is 17.5. The SMILES string of the molecule is O=C(COc1ccc([N+](=O)[O-])cc1)NN=Cc1c(Cl)cccc1Cl. The van der Waals surface area contributed by atoms with Gasteiger partial charge in [-0.1, -0.05) is 29.3 Å². The van der Waals surface area contributed by atoms with Crippen molar-refractivity contribution in [2.24, 2.45) is 5.10 Å². The van der Waals surface area contributed by atoms with Crippen molar-refractivity contribution in [2.75, 3.05) is 6.61 Å². The van der Waals surface area contributed by atoms with Crippen LogP contribution >= 0.6 is 23.2 Å². The van der Waals surface area contributed by atoms with Crippen LogP contribution in [0.5, 0.6) is 5.75 Å². The first-order valence-electron chi connectivity index (χ1n) is 6.60.